The van der Waals surface area contributed by atoms with Gasteiger partial charge in [-0.15, -0.1) is 11.8 Å². The Labute approximate surface area is 180 Å². The van der Waals surface area contributed by atoms with Crippen LogP contribution in [0.1, 0.15) is 34.6 Å². The zero-order valence-electron chi connectivity index (χ0n) is 17.6. The van der Waals surface area contributed by atoms with Crippen molar-refractivity contribution in [2.24, 2.45) is 0 Å². The highest BCUT2D eigenvalue weighted by Crippen LogP contribution is 2.47. The number of methoxy groups -OCH3 is 2. The third kappa shape index (κ3) is 3.65. The number of anilines is 1. The summed E-state index contributed by atoms with van der Waals surface area (Å²) in [4.78, 5) is 12.5. The highest BCUT2D eigenvalue weighted by atomic mass is 32.2. The summed E-state index contributed by atoms with van der Waals surface area (Å²) >= 11 is 1.57. The molecule has 4 rings (SSSR count). The van der Waals surface area contributed by atoms with Gasteiger partial charge in [-0.3, -0.25) is 4.79 Å². The number of thioether (sulfide) groups is 1. The van der Waals surface area contributed by atoms with Gasteiger partial charge in [-0.25, -0.2) is 4.68 Å². The third-order valence-electron chi connectivity index (χ3n) is 5.32. The van der Waals surface area contributed by atoms with Gasteiger partial charge in [0.05, 0.1) is 36.6 Å². The predicted octanol–water partition coefficient (Wildman–Crippen LogP) is 4.54. The van der Waals surface area contributed by atoms with E-state index in [1.807, 2.05) is 41.9 Å². The van der Waals surface area contributed by atoms with Crippen molar-refractivity contribution >= 4 is 23.5 Å². The molecule has 7 heteroatoms. The van der Waals surface area contributed by atoms with Crippen molar-refractivity contribution < 1.29 is 14.3 Å². The Kier molecular flexibility index (Phi) is 5.72. The molecule has 0 saturated carbocycles. The molecule has 0 saturated heterocycles. The number of nitrogens with zero attached hydrogens (tertiary/aromatic N) is 2. The van der Waals surface area contributed by atoms with Crippen LogP contribution in [0.15, 0.2) is 42.5 Å². The smallest absolute Gasteiger partial charge is 0.235 e. The van der Waals surface area contributed by atoms with E-state index in [4.69, 9.17) is 14.6 Å². The van der Waals surface area contributed by atoms with E-state index in [-0.39, 0.29) is 11.2 Å². The zero-order chi connectivity index (χ0) is 21.3. The lowest BCUT2D eigenvalue weighted by Crippen LogP contribution is -2.15. The quantitative estimate of drug-likeness (QED) is 0.653. The van der Waals surface area contributed by atoms with Gasteiger partial charge in [0.1, 0.15) is 17.3 Å². The first-order valence-electron chi connectivity index (χ1n) is 9.88. The average molecular weight is 424 g/mol. The Balaban J connectivity index is 1.86. The molecule has 0 radical (unpaired) electrons. The molecule has 0 unspecified atom stereocenters. The summed E-state index contributed by atoms with van der Waals surface area (Å²) in [6, 6.07) is 14.1. The third-order valence-corrected chi connectivity index (χ3v) is 6.57. The van der Waals surface area contributed by atoms with E-state index in [2.05, 4.69) is 24.4 Å². The first kappa shape index (κ1) is 20.3. The molecule has 0 bridgehead atoms. The Morgan fingerprint density at radius 3 is 2.60 bits per heavy atom. The topological polar surface area (TPSA) is 65.4 Å². The summed E-state index contributed by atoms with van der Waals surface area (Å²) in [5.74, 6) is 2.48. The van der Waals surface area contributed by atoms with Crippen LogP contribution in [0.2, 0.25) is 0 Å². The molecule has 1 aromatic heterocycles. The average Bonchev–Trinajstić information content (AvgIpc) is 2.98. The number of aromatic nitrogens is 2. The minimum atomic E-state index is -0.0940. The van der Waals surface area contributed by atoms with Crippen LogP contribution in [0.25, 0.3) is 5.69 Å². The van der Waals surface area contributed by atoms with E-state index in [1.54, 1.807) is 26.0 Å². The van der Waals surface area contributed by atoms with Crippen molar-refractivity contribution in [3.05, 3.63) is 64.8 Å². The van der Waals surface area contributed by atoms with Gasteiger partial charge in [-0.05, 0) is 37.1 Å². The SMILES string of the molecule is CCc1ccc(-n2nc(C)c3c2NC(=O)CS[C@H]3c2ccc(OC)cc2OC)cc1. The lowest BCUT2D eigenvalue weighted by Gasteiger charge is -2.19. The minimum absolute atomic E-state index is 0.0393. The van der Waals surface area contributed by atoms with Gasteiger partial charge in [0.15, 0.2) is 0 Å². The fourth-order valence-electron chi connectivity index (χ4n) is 3.72. The Morgan fingerprint density at radius 2 is 1.93 bits per heavy atom. The van der Waals surface area contributed by atoms with Crippen LogP contribution in [-0.4, -0.2) is 35.7 Å². The fourth-order valence-corrected chi connectivity index (χ4v) is 4.94. The molecule has 2 heterocycles. The summed E-state index contributed by atoms with van der Waals surface area (Å²) in [6.45, 7) is 4.11. The number of nitrogens with one attached hydrogen (secondary N) is 1. The van der Waals surface area contributed by atoms with Crippen molar-refractivity contribution in [3.8, 4) is 17.2 Å². The maximum Gasteiger partial charge on any atom is 0.235 e. The first-order valence-corrected chi connectivity index (χ1v) is 10.9. The normalized spacial score (nSPS) is 15.9. The summed E-state index contributed by atoms with van der Waals surface area (Å²) < 4.78 is 12.8. The van der Waals surface area contributed by atoms with E-state index >= 15 is 0 Å². The van der Waals surface area contributed by atoms with E-state index in [0.29, 0.717) is 5.75 Å². The summed E-state index contributed by atoms with van der Waals surface area (Å²) in [5.41, 5.74) is 5.04. The number of fused-ring (bicyclic) bond motifs is 1. The predicted molar refractivity (Wildman–Crippen MR) is 120 cm³/mol. The number of carbonyl (C=O) groups excluding carboxylic acids is 1. The highest BCUT2D eigenvalue weighted by molar-refractivity contribution is 8.00. The van der Waals surface area contributed by atoms with Crippen molar-refractivity contribution in [3.63, 3.8) is 0 Å². The van der Waals surface area contributed by atoms with E-state index in [0.717, 1.165) is 46.2 Å². The second kappa shape index (κ2) is 8.44. The fraction of sp³-hybridized carbons (Fsp3) is 0.304. The molecule has 6 nitrogen and oxygen atoms in total. The van der Waals surface area contributed by atoms with E-state index in [1.165, 1.54) is 5.56 Å². The lowest BCUT2D eigenvalue weighted by molar-refractivity contribution is -0.113. The van der Waals surface area contributed by atoms with Gasteiger partial charge in [-0.1, -0.05) is 25.1 Å². The van der Waals surface area contributed by atoms with Gasteiger partial charge < -0.3 is 14.8 Å². The molecule has 1 atom stereocenters. The number of hydrogen-bond acceptors (Lipinski definition) is 5. The number of rotatable bonds is 5. The Bertz CT molecular complexity index is 1080. The maximum atomic E-state index is 12.5. The molecule has 0 spiro atoms. The number of ether oxygens (including phenoxy) is 2. The van der Waals surface area contributed by atoms with Crippen LogP contribution in [0.5, 0.6) is 11.5 Å². The first-order chi connectivity index (χ1) is 14.5. The minimum Gasteiger partial charge on any atom is -0.497 e. The van der Waals surface area contributed by atoms with Gasteiger partial charge in [0, 0.05) is 17.2 Å². The highest BCUT2D eigenvalue weighted by Gasteiger charge is 2.32. The summed E-state index contributed by atoms with van der Waals surface area (Å²) in [5, 5.41) is 7.76. The van der Waals surface area contributed by atoms with Crippen LogP contribution in [-0.2, 0) is 11.2 Å². The Hall–Kier alpha value is -2.93. The van der Waals surface area contributed by atoms with Gasteiger partial charge in [-0.2, -0.15) is 5.10 Å². The molecule has 1 N–H and O–H groups in total. The van der Waals surface area contributed by atoms with Crippen molar-refractivity contribution in [1.29, 1.82) is 0 Å². The van der Waals surface area contributed by atoms with Crippen LogP contribution in [0.3, 0.4) is 0 Å². The number of aryl methyl sites for hydroxylation is 2. The van der Waals surface area contributed by atoms with Crippen molar-refractivity contribution in [1.82, 2.24) is 9.78 Å². The number of carbonyl (C=O) groups is 1. The van der Waals surface area contributed by atoms with Gasteiger partial charge in [0.25, 0.3) is 0 Å². The van der Waals surface area contributed by atoms with Crippen LogP contribution in [0, 0.1) is 6.92 Å². The Morgan fingerprint density at radius 1 is 1.17 bits per heavy atom. The molecule has 2 aromatic carbocycles. The van der Waals surface area contributed by atoms with E-state index < -0.39 is 0 Å². The molecule has 1 amide bonds. The van der Waals surface area contributed by atoms with Crippen molar-refractivity contribution in [2.75, 3.05) is 25.3 Å². The summed E-state index contributed by atoms with van der Waals surface area (Å²) in [6.07, 6.45) is 0.975. The molecule has 30 heavy (non-hydrogen) atoms. The standard InChI is InChI=1S/C23H25N3O3S/c1-5-15-6-8-16(9-7-15)26-23-21(14(2)25-26)22(30-13-20(27)24-23)18-11-10-17(28-3)12-19(18)29-4/h6-12,22H,5,13H2,1-4H3,(H,24,27)/t22-/m0/s1. The molecule has 3 aromatic rings. The molecular formula is C23H25N3O3S. The number of benzene rings is 2. The number of amides is 1. The zero-order valence-corrected chi connectivity index (χ0v) is 18.4. The second-order valence-electron chi connectivity index (χ2n) is 7.13. The van der Waals surface area contributed by atoms with Crippen molar-refractivity contribution in [2.45, 2.75) is 25.5 Å². The molecular weight excluding hydrogens is 398 g/mol. The van der Waals surface area contributed by atoms with Gasteiger partial charge in [0.2, 0.25) is 5.91 Å². The molecule has 0 fully saturated rings. The molecule has 156 valence electrons. The number of hydrogen-bond donors (Lipinski definition) is 1. The van der Waals surface area contributed by atoms with Crippen LogP contribution >= 0.6 is 11.8 Å². The monoisotopic (exact) mass is 423 g/mol. The molecule has 0 aliphatic carbocycles. The largest absolute Gasteiger partial charge is 0.497 e. The van der Waals surface area contributed by atoms with E-state index in [9.17, 15) is 4.79 Å². The lowest BCUT2D eigenvalue weighted by atomic mass is 10.0. The maximum absolute atomic E-state index is 12.5. The van der Waals surface area contributed by atoms with Gasteiger partial charge >= 0.3 is 0 Å². The van der Waals surface area contributed by atoms with Crippen LogP contribution < -0.4 is 14.8 Å². The molecule has 1 aliphatic rings. The second-order valence-corrected chi connectivity index (χ2v) is 8.22. The van der Waals surface area contributed by atoms with Crippen LogP contribution in [0.4, 0.5) is 5.82 Å². The summed E-state index contributed by atoms with van der Waals surface area (Å²) in [7, 11) is 3.28. The molecule has 1 aliphatic heterocycles.